The van der Waals surface area contributed by atoms with Gasteiger partial charge in [0.15, 0.2) is 0 Å². The van der Waals surface area contributed by atoms with Gasteiger partial charge in [-0.1, -0.05) is 12.6 Å². The van der Waals surface area contributed by atoms with Gasteiger partial charge in [0.05, 0.1) is 6.04 Å². The number of benzene rings is 2. The first-order chi connectivity index (χ1) is 18.1. The Morgan fingerprint density at radius 1 is 1.13 bits per heavy atom. The van der Waals surface area contributed by atoms with Crippen LogP contribution in [0.4, 0.5) is 52.1 Å². The van der Waals surface area contributed by atoms with E-state index in [4.69, 9.17) is 0 Å². The average molecular weight is 530 g/mol. The number of carbonyl (C=O) groups excluding carboxylic acids is 1. The lowest BCUT2D eigenvalue weighted by Gasteiger charge is -2.39. The molecule has 1 fully saturated rings. The number of aromatic nitrogens is 2. The fourth-order valence-electron chi connectivity index (χ4n) is 3.96. The number of alkyl halides is 4. The van der Waals surface area contributed by atoms with E-state index in [0.29, 0.717) is 24.1 Å². The molecule has 200 valence electrons. The van der Waals surface area contributed by atoms with E-state index in [1.165, 1.54) is 6.07 Å². The van der Waals surface area contributed by atoms with Gasteiger partial charge >= 0.3 is 6.18 Å². The Balaban J connectivity index is 1.50. The van der Waals surface area contributed by atoms with Crippen molar-refractivity contribution in [1.29, 1.82) is 0 Å². The molecule has 0 saturated carbocycles. The van der Waals surface area contributed by atoms with Crippen molar-refractivity contribution in [2.75, 3.05) is 47.6 Å². The van der Waals surface area contributed by atoms with Crippen molar-refractivity contribution in [1.82, 2.24) is 14.9 Å². The molecule has 1 aromatic heterocycles. The largest absolute Gasteiger partial charge is 0.421 e. The van der Waals surface area contributed by atoms with Crippen LogP contribution >= 0.6 is 0 Å². The Kier molecular flexibility index (Phi) is 8.10. The molecular formula is C26H27F4N7O. The van der Waals surface area contributed by atoms with Gasteiger partial charge in [-0.05, 0) is 55.0 Å². The second kappa shape index (κ2) is 11.5. The van der Waals surface area contributed by atoms with Crippen LogP contribution in [0.2, 0.25) is 0 Å². The van der Waals surface area contributed by atoms with E-state index in [0.717, 1.165) is 30.4 Å². The normalized spacial score (nSPS) is 13.9. The highest BCUT2D eigenvalue weighted by Gasteiger charge is 2.35. The highest BCUT2D eigenvalue weighted by molar-refractivity contribution is 5.99. The number of halogens is 4. The predicted octanol–water partition coefficient (Wildman–Crippen LogP) is 5.48. The highest BCUT2D eigenvalue weighted by atomic mass is 19.4. The smallest absolute Gasteiger partial charge is 0.380 e. The molecule has 0 radical (unpaired) electrons. The van der Waals surface area contributed by atoms with E-state index in [-0.39, 0.29) is 24.4 Å². The third kappa shape index (κ3) is 6.76. The van der Waals surface area contributed by atoms with E-state index in [9.17, 15) is 22.4 Å². The second-order valence-corrected chi connectivity index (χ2v) is 8.80. The van der Waals surface area contributed by atoms with E-state index in [1.807, 2.05) is 24.0 Å². The molecule has 1 aliphatic rings. The van der Waals surface area contributed by atoms with Crippen LogP contribution in [-0.4, -0.2) is 53.1 Å². The van der Waals surface area contributed by atoms with Crippen molar-refractivity contribution in [3.8, 4) is 0 Å². The van der Waals surface area contributed by atoms with Crippen LogP contribution in [0.1, 0.15) is 11.1 Å². The molecule has 4 N–H and O–H groups in total. The van der Waals surface area contributed by atoms with E-state index in [2.05, 4.69) is 37.8 Å². The summed E-state index contributed by atoms with van der Waals surface area (Å²) in [6.07, 6.45) is -2.89. The molecule has 0 aliphatic carbocycles. The maximum absolute atomic E-state index is 13.7. The molecule has 2 aromatic carbocycles. The quantitative estimate of drug-likeness (QED) is 0.204. The summed E-state index contributed by atoms with van der Waals surface area (Å²) >= 11 is 0. The van der Waals surface area contributed by atoms with Crippen LogP contribution in [0.25, 0.3) is 0 Å². The van der Waals surface area contributed by atoms with Gasteiger partial charge in [0.25, 0.3) is 0 Å². The first-order valence-corrected chi connectivity index (χ1v) is 11.8. The summed E-state index contributed by atoms with van der Waals surface area (Å²) < 4.78 is 53.5. The number of carbonyl (C=O) groups is 1. The zero-order chi connectivity index (χ0) is 27.3. The lowest BCUT2D eigenvalue weighted by molar-refractivity contribution is -0.137. The van der Waals surface area contributed by atoms with Crippen molar-refractivity contribution in [2.24, 2.45) is 0 Å². The molecule has 12 heteroatoms. The van der Waals surface area contributed by atoms with Gasteiger partial charge < -0.3 is 21.3 Å². The highest BCUT2D eigenvalue weighted by Crippen LogP contribution is 2.36. The molecule has 1 aliphatic heterocycles. The minimum Gasteiger partial charge on any atom is -0.380 e. The van der Waals surface area contributed by atoms with Crippen molar-refractivity contribution >= 4 is 40.4 Å². The van der Waals surface area contributed by atoms with Crippen LogP contribution in [0.3, 0.4) is 0 Å². The minimum absolute atomic E-state index is 0.0266. The zero-order valence-electron chi connectivity index (χ0n) is 20.6. The fraction of sp³-hybridized carbons (Fsp3) is 0.269. The summed E-state index contributed by atoms with van der Waals surface area (Å²) in [5, 5.41) is 11.6. The van der Waals surface area contributed by atoms with Crippen LogP contribution < -0.4 is 21.3 Å². The van der Waals surface area contributed by atoms with E-state index in [1.54, 1.807) is 24.3 Å². The molecule has 0 bridgehead atoms. The second-order valence-electron chi connectivity index (χ2n) is 8.80. The first kappa shape index (κ1) is 26.9. The molecular weight excluding hydrogens is 502 g/mol. The number of nitrogens with one attached hydrogen (secondary N) is 4. The van der Waals surface area contributed by atoms with Gasteiger partial charge in [0.1, 0.15) is 18.1 Å². The summed E-state index contributed by atoms with van der Waals surface area (Å²) in [5.41, 5.74) is 1.97. The molecule has 1 amide bonds. The number of hydrogen-bond acceptors (Lipinski definition) is 7. The zero-order valence-corrected chi connectivity index (χ0v) is 20.6. The first-order valence-electron chi connectivity index (χ1n) is 11.8. The van der Waals surface area contributed by atoms with Gasteiger partial charge in [-0.25, -0.2) is 9.37 Å². The number of hydrogen-bond donors (Lipinski definition) is 4. The predicted molar refractivity (Wildman–Crippen MR) is 140 cm³/mol. The number of amides is 1. The number of nitrogens with zero attached hydrogens (tertiary/aromatic N) is 3. The van der Waals surface area contributed by atoms with Gasteiger partial charge in [0.2, 0.25) is 11.9 Å². The minimum atomic E-state index is -4.69. The Labute approximate surface area is 217 Å². The average Bonchev–Trinajstić information content (AvgIpc) is 2.84. The van der Waals surface area contributed by atoms with Gasteiger partial charge in [-0.15, -0.1) is 0 Å². The summed E-state index contributed by atoms with van der Waals surface area (Å²) in [4.78, 5) is 21.5. The van der Waals surface area contributed by atoms with Crippen LogP contribution in [0.5, 0.6) is 0 Å². The van der Waals surface area contributed by atoms with Crippen molar-refractivity contribution in [2.45, 2.75) is 19.1 Å². The molecule has 38 heavy (non-hydrogen) atoms. The molecule has 1 saturated heterocycles. The van der Waals surface area contributed by atoms with Crippen LogP contribution in [-0.2, 0) is 11.0 Å². The van der Waals surface area contributed by atoms with Crippen molar-refractivity contribution in [3.05, 3.63) is 72.4 Å². The van der Waals surface area contributed by atoms with E-state index >= 15 is 0 Å². The number of aryl methyl sites for hydroxylation is 1. The van der Waals surface area contributed by atoms with E-state index < -0.39 is 23.5 Å². The molecule has 2 heterocycles. The molecule has 0 unspecified atom stereocenters. The molecule has 0 spiro atoms. The molecule has 3 aromatic rings. The standard InChI is InChI=1S/C26H27F4N7O/c1-3-23(38)33-17-5-4-6-18(12-17)34-24-21(26(28,29)30)13-31-25(36-24)35-22-8-7-19(11-16(22)2)32-20-14-37(15-20)10-9-27/h3-8,11-13,20,32H,1,9-10,14-15H2,2H3,(H,33,38)(H2,31,34,35,36). The fourth-order valence-corrected chi connectivity index (χ4v) is 3.96. The Morgan fingerprint density at radius 2 is 1.89 bits per heavy atom. The Bertz CT molecular complexity index is 1310. The van der Waals surface area contributed by atoms with Gasteiger partial charge in [-0.3, -0.25) is 9.69 Å². The third-order valence-corrected chi connectivity index (χ3v) is 5.87. The summed E-state index contributed by atoms with van der Waals surface area (Å²) in [6.45, 7) is 6.83. The third-order valence-electron chi connectivity index (χ3n) is 5.87. The summed E-state index contributed by atoms with van der Waals surface area (Å²) in [5.74, 6) is -0.920. The maximum Gasteiger partial charge on any atom is 0.421 e. The number of anilines is 6. The number of rotatable bonds is 10. The Hall–Kier alpha value is -4.19. The van der Waals surface area contributed by atoms with Gasteiger partial charge in [-0.2, -0.15) is 18.2 Å². The molecule has 4 rings (SSSR count). The van der Waals surface area contributed by atoms with Crippen molar-refractivity contribution < 1.29 is 22.4 Å². The van der Waals surface area contributed by atoms with Gasteiger partial charge in [0, 0.05) is 48.6 Å². The summed E-state index contributed by atoms with van der Waals surface area (Å²) in [6, 6.07) is 12.0. The molecule has 0 atom stereocenters. The summed E-state index contributed by atoms with van der Waals surface area (Å²) in [7, 11) is 0. The number of likely N-dealkylation sites (tertiary alicyclic amines) is 1. The Morgan fingerprint density at radius 3 is 2.58 bits per heavy atom. The SMILES string of the molecule is C=CC(=O)Nc1cccc(Nc2nc(Nc3ccc(NC4CN(CCF)C4)cc3C)ncc2C(F)(F)F)c1. The maximum atomic E-state index is 13.7. The molecule has 8 nitrogen and oxygen atoms in total. The lowest BCUT2D eigenvalue weighted by Crippen LogP contribution is -2.55. The van der Waals surface area contributed by atoms with Crippen LogP contribution in [0, 0.1) is 6.92 Å². The monoisotopic (exact) mass is 529 g/mol. The van der Waals surface area contributed by atoms with Crippen LogP contribution in [0.15, 0.2) is 61.3 Å². The van der Waals surface area contributed by atoms with Crippen molar-refractivity contribution in [3.63, 3.8) is 0 Å². The topological polar surface area (TPSA) is 94.2 Å². The lowest BCUT2D eigenvalue weighted by atomic mass is 10.1.